The summed E-state index contributed by atoms with van der Waals surface area (Å²) in [6.07, 6.45) is 40.6. The molecule has 0 aliphatic heterocycles. The molecule has 1 aromatic carbocycles. The predicted molar refractivity (Wildman–Crippen MR) is 425 cm³/mol. The molecule has 0 radical (unpaired) electrons. The van der Waals surface area contributed by atoms with Gasteiger partial charge in [-0.2, -0.15) is 0 Å². The van der Waals surface area contributed by atoms with E-state index in [4.69, 9.17) is 99.0 Å². The molecule has 0 unspecified atom stereocenters. The highest BCUT2D eigenvalue weighted by Crippen LogP contribution is 2.47. The van der Waals surface area contributed by atoms with Crippen LogP contribution in [0.15, 0.2) is 18.3 Å². The van der Waals surface area contributed by atoms with Crippen molar-refractivity contribution in [2.45, 2.75) is 240 Å². The van der Waals surface area contributed by atoms with E-state index in [0.717, 1.165) is 47.8 Å². The van der Waals surface area contributed by atoms with Gasteiger partial charge in [-0.25, -0.2) is 4.68 Å². The number of benzene rings is 1. The molecule has 0 aliphatic rings. The van der Waals surface area contributed by atoms with Crippen LogP contribution in [0.5, 0.6) is 17.2 Å². The molecule has 0 N–H and O–H groups in total. The summed E-state index contributed by atoms with van der Waals surface area (Å²) in [5.41, 5.74) is 1.79. The van der Waals surface area contributed by atoms with Crippen molar-refractivity contribution in [2.75, 3.05) is 244 Å². The van der Waals surface area contributed by atoms with Crippen LogP contribution in [0.4, 0.5) is 0 Å². The molecule has 0 amide bonds. The lowest BCUT2D eigenvalue weighted by atomic mass is 10.1. The molecular formula is C82H156N3O22P. The largest absolute Gasteiger partial charge is 0.490 e. The normalized spacial score (nSPS) is 11.9. The van der Waals surface area contributed by atoms with Gasteiger partial charge in [-0.15, -0.1) is 5.10 Å². The van der Waals surface area contributed by atoms with Crippen molar-refractivity contribution in [3.05, 3.63) is 29.6 Å². The lowest BCUT2D eigenvalue weighted by molar-refractivity contribution is -0.0304. The van der Waals surface area contributed by atoms with E-state index < -0.39 is 7.60 Å². The molecule has 0 saturated carbocycles. The summed E-state index contributed by atoms with van der Waals surface area (Å²) in [5.74, 6) is 2.26. The van der Waals surface area contributed by atoms with E-state index in [9.17, 15) is 4.57 Å². The molecule has 1 aromatic heterocycles. The van der Waals surface area contributed by atoms with Crippen molar-refractivity contribution in [1.29, 1.82) is 0 Å². The average molecular weight is 1570 g/mol. The van der Waals surface area contributed by atoms with Gasteiger partial charge in [0.1, 0.15) is 5.69 Å². The molecular weight excluding hydrogens is 1410 g/mol. The second kappa shape index (κ2) is 82.3. The van der Waals surface area contributed by atoms with Gasteiger partial charge in [0.05, 0.1) is 263 Å². The number of rotatable bonds is 92. The van der Waals surface area contributed by atoms with E-state index in [2.05, 4.69) is 43.2 Å². The first-order valence-corrected chi connectivity index (χ1v) is 44.3. The van der Waals surface area contributed by atoms with Crippen molar-refractivity contribution in [3.8, 4) is 17.2 Å². The summed E-state index contributed by atoms with van der Waals surface area (Å²) in [7, 11) is -3.07. The second-order valence-corrected chi connectivity index (χ2v) is 29.0. The van der Waals surface area contributed by atoms with Crippen LogP contribution >= 0.6 is 7.60 Å². The van der Waals surface area contributed by atoms with E-state index in [0.29, 0.717) is 244 Å². The smallest absolute Gasteiger partial charge is 0.332 e. The van der Waals surface area contributed by atoms with Crippen molar-refractivity contribution >= 4 is 7.60 Å². The number of aromatic nitrogens is 3. The number of hydrogen-bond acceptors (Lipinski definition) is 24. The summed E-state index contributed by atoms with van der Waals surface area (Å²) in [5, 5.41) is 8.92. The minimum atomic E-state index is -3.07. The molecule has 0 saturated heterocycles. The van der Waals surface area contributed by atoms with Crippen LogP contribution in [0.3, 0.4) is 0 Å². The Morgan fingerprint density at radius 3 is 0.796 bits per heavy atom. The van der Waals surface area contributed by atoms with Crippen LogP contribution in [0, 0.1) is 0 Å². The van der Waals surface area contributed by atoms with E-state index in [1.54, 1.807) is 13.8 Å². The van der Waals surface area contributed by atoms with Gasteiger partial charge in [0.25, 0.3) is 0 Å². The summed E-state index contributed by atoms with van der Waals surface area (Å²) >= 11 is 0. The SMILES string of the molecule is CCCCCCCCCCCCOc1cc(Cn2cc(COCCOCCOCCOCCOCCOCCOCCOCCOCCOCCOCCOCCOCCOCCOCCOCCP(=O)(OCC)OCC)nn2)cc(OCCCCCCCCCCCC)c1OCCCCCCCCCCCC. The van der Waals surface area contributed by atoms with Gasteiger partial charge in [-0.3, -0.25) is 4.57 Å². The Morgan fingerprint density at radius 2 is 0.528 bits per heavy atom. The van der Waals surface area contributed by atoms with Gasteiger partial charge in [-0.1, -0.05) is 199 Å². The van der Waals surface area contributed by atoms with Crippen LogP contribution < -0.4 is 14.2 Å². The topological polar surface area (TPSA) is 242 Å². The van der Waals surface area contributed by atoms with Gasteiger partial charge in [0.2, 0.25) is 5.75 Å². The third-order valence-electron chi connectivity index (χ3n) is 17.3. The summed E-state index contributed by atoms with van der Waals surface area (Å²) < 4.78 is 134. The van der Waals surface area contributed by atoms with E-state index in [1.807, 2.05) is 10.9 Å². The zero-order chi connectivity index (χ0) is 77.1. The van der Waals surface area contributed by atoms with Gasteiger partial charge >= 0.3 is 7.60 Å². The van der Waals surface area contributed by atoms with E-state index in [1.165, 1.54) is 173 Å². The number of unbranched alkanes of at least 4 members (excludes halogenated alkanes) is 27. The highest BCUT2D eigenvalue weighted by atomic mass is 31.2. The van der Waals surface area contributed by atoms with Crippen molar-refractivity contribution < 1.29 is 104 Å². The van der Waals surface area contributed by atoms with Crippen LogP contribution in [-0.4, -0.2) is 259 Å². The van der Waals surface area contributed by atoms with Crippen LogP contribution in [0.1, 0.15) is 239 Å². The monoisotopic (exact) mass is 1570 g/mol. The van der Waals surface area contributed by atoms with E-state index >= 15 is 0 Å². The fourth-order valence-electron chi connectivity index (χ4n) is 11.3. The first kappa shape index (κ1) is 101. The van der Waals surface area contributed by atoms with Crippen molar-refractivity contribution in [2.24, 2.45) is 0 Å². The lowest BCUT2D eigenvalue weighted by Crippen LogP contribution is -2.16. The molecule has 0 spiro atoms. The summed E-state index contributed by atoms with van der Waals surface area (Å²) in [6, 6.07) is 4.25. The van der Waals surface area contributed by atoms with Gasteiger partial charge in [0.15, 0.2) is 11.5 Å². The maximum absolute atomic E-state index is 12.4. The quantitative estimate of drug-likeness (QED) is 0.0441. The van der Waals surface area contributed by atoms with Crippen molar-refractivity contribution in [3.63, 3.8) is 0 Å². The first-order chi connectivity index (χ1) is 53.5. The van der Waals surface area contributed by atoms with Crippen molar-refractivity contribution in [1.82, 2.24) is 15.0 Å². The third-order valence-corrected chi connectivity index (χ3v) is 19.3. The minimum Gasteiger partial charge on any atom is -0.490 e. The first-order valence-electron chi connectivity index (χ1n) is 42.5. The highest BCUT2D eigenvalue weighted by Gasteiger charge is 2.23. The molecule has 0 atom stereocenters. The van der Waals surface area contributed by atoms with Gasteiger partial charge < -0.3 is 99.0 Å². The molecule has 25 nitrogen and oxygen atoms in total. The van der Waals surface area contributed by atoms with Crippen LogP contribution in [-0.2, 0) is 103 Å². The lowest BCUT2D eigenvalue weighted by Gasteiger charge is -2.19. The zero-order valence-corrected chi connectivity index (χ0v) is 69.7. The highest BCUT2D eigenvalue weighted by molar-refractivity contribution is 7.53. The molecule has 2 rings (SSSR count). The Hall–Kier alpha value is -2.73. The Bertz CT molecular complexity index is 2120. The van der Waals surface area contributed by atoms with Crippen LogP contribution in [0.25, 0.3) is 0 Å². The number of nitrogens with zero attached hydrogens (tertiary/aromatic N) is 3. The number of hydrogen-bond donors (Lipinski definition) is 0. The molecule has 108 heavy (non-hydrogen) atoms. The molecule has 1 heterocycles. The molecule has 636 valence electrons. The van der Waals surface area contributed by atoms with Gasteiger partial charge in [0, 0.05) is 0 Å². The zero-order valence-electron chi connectivity index (χ0n) is 68.8. The molecule has 0 fully saturated rings. The molecule has 0 aliphatic carbocycles. The fourth-order valence-corrected chi connectivity index (χ4v) is 12.7. The minimum absolute atomic E-state index is 0.222. The molecule has 26 heteroatoms. The third kappa shape index (κ3) is 67.7. The predicted octanol–water partition coefficient (Wildman–Crippen LogP) is 16.3. The second-order valence-electron chi connectivity index (χ2n) is 26.8. The molecule has 0 bridgehead atoms. The Morgan fingerprint density at radius 1 is 0.287 bits per heavy atom. The Balaban J connectivity index is 1.47. The van der Waals surface area contributed by atoms with E-state index in [-0.39, 0.29) is 12.8 Å². The Labute approximate surface area is 654 Å². The van der Waals surface area contributed by atoms with Gasteiger partial charge in [-0.05, 0) is 50.8 Å². The summed E-state index contributed by atoms with van der Waals surface area (Å²) in [6.45, 7) is 28.2. The summed E-state index contributed by atoms with van der Waals surface area (Å²) in [4.78, 5) is 0. The standard InChI is InChI=1S/C82H156N3O22P/c1-6-11-14-17-20-23-26-29-32-35-38-103-80-73-78(74-81(104-39-36-33-30-27-24-21-18-15-12-7-2)82(80)105-40-37-34-31-28-25-22-19-16-13-8-3)75-85-76-79(83-84-85)77-102-70-69-100-66-65-98-62-61-96-58-57-94-54-53-92-50-49-90-46-45-88-42-41-87-43-44-89-47-48-91-51-52-93-55-56-95-59-60-97-63-64-99-67-68-101-71-72-108(86,106-9-4)107-10-5/h73-74,76H,6-72,75,77H2,1-5H3. The molecule has 2 aromatic rings. The average Bonchev–Trinajstić information content (AvgIpc) is 1.00. The number of ether oxygens (including phenoxy) is 19. The Kier molecular flexibility index (Phi) is 77.2. The fraction of sp³-hybridized carbons (Fsp3) is 0.902. The maximum atomic E-state index is 12.4. The van der Waals surface area contributed by atoms with Crippen LogP contribution in [0.2, 0.25) is 0 Å². The maximum Gasteiger partial charge on any atom is 0.332 e.